The van der Waals surface area contributed by atoms with Crippen LogP contribution in [0.25, 0.3) is 0 Å². The van der Waals surface area contributed by atoms with Crippen LogP contribution in [0.5, 0.6) is 0 Å². The minimum atomic E-state index is -0.369. The Morgan fingerprint density at radius 2 is 2.44 bits per heavy atom. The number of carbonyl (C=O) groups excluding carboxylic acids is 1. The predicted molar refractivity (Wildman–Crippen MR) is 59.2 cm³/mol. The molecule has 0 fully saturated rings. The Labute approximate surface area is 92.7 Å². The zero-order chi connectivity index (χ0) is 11.5. The molecule has 1 aliphatic rings. The smallest absolute Gasteiger partial charge is 0.340 e. The van der Waals surface area contributed by atoms with E-state index in [1.54, 1.807) is 25.1 Å². The molecule has 2 rings (SSSR count). The lowest BCUT2D eigenvalue weighted by atomic mass is 10.1. The van der Waals surface area contributed by atoms with Crippen LogP contribution < -0.4 is 5.32 Å². The fourth-order valence-electron chi connectivity index (χ4n) is 1.72. The van der Waals surface area contributed by atoms with E-state index in [9.17, 15) is 4.79 Å². The van der Waals surface area contributed by atoms with Crippen molar-refractivity contribution in [3.05, 3.63) is 29.3 Å². The van der Waals surface area contributed by atoms with Crippen LogP contribution in [0.1, 0.15) is 22.8 Å². The summed E-state index contributed by atoms with van der Waals surface area (Å²) in [6.45, 7) is 2.51. The van der Waals surface area contributed by atoms with Crippen LogP contribution >= 0.6 is 0 Å². The fraction of sp³-hybridized carbons (Fsp3) is 0.273. The van der Waals surface area contributed by atoms with E-state index in [0.717, 1.165) is 5.56 Å². The lowest BCUT2D eigenvalue weighted by Gasteiger charge is -2.06. The first-order chi connectivity index (χ1) is 7.77. The van der Waals surface area contributed by atoms with Gasteiger partial charge in [0.2, 0.25) is 0 Å². The van der Waals surface area contributed by atoms with Crippen LogP contribution in [0.2, 0.25) is 0 Å². The third kappa shape index (κ3) is 1.60. The number of ether oxygens (including phenoxy) is 1. The molecular weight excluding hydrogens is 208 g/mol. The average Bonchev–Trinajstić information content (AvgIpc) is 2.71. The maximum absolute atomic E-state index is 11.6. The largest absolute Gasteiger partial charge is 0.462 e. The van der Waals surface area contributed by atoms with Gasteiger partial charge in [-0.15, -0.1) is 0 Å². The van der Waals surface area contributed by atoms with Crippen molar-refractivity contribution in [3.63, 3.8) is 0 Å². The molecule has 5 nitrogen and oxygen atoms in total. The van der Waals surface area contributed by atoms with Crippen LogP contribution in [0.4, 0.5) is 5.69 Å². The average molecular weight is 220 g/mol. The van der Waals surface area contributed by atoms with Crippen molar-refractivity contribution in [1.29, 1.82) is 0 Å². The van der Waals surface area contributed by atoms with Crippen LogP contribution in [0.3, 0.4) is 0 Å². The van der Waals surface area contributed by atoms with Gasteiger partial charge in [-0.2, -0.15) is 0 Å². The second kappa shape index (κ2) is 4.22. The van der Waals surface area contributed by atoms with Gasteiger partial charge in [0.15, 0.2) is 0 Å². The maximum Gasteiger partial charge on any atom is 0.340 e. The van der Waals surface area contributed by atoms with Crippen LogP contribution in [0.15, 0.2) is 23.4 Å². The van der Waals surface area contributed by atoms with Gasteiger partial charge in [-0.25, -0.2) is 4.79 Å². The molecule has 0 amide bonds. The van der Waals surface area contributed by atoms with Crippen molar-refractivity contribution >= 4 is 17.4 Å². The number of carbonyl (C=O) groups is 1. The van der Waals surface area contributed by atoms with E-state index in [4.69, 9.17) is 9.94 Å². The van der Waals surface area contributed by atoms with Gasteiger partial charge in [-0.05, 0) is 13.0 Å². The molecule has 0 unspecified atom stereocenters. The highest BCUT2D eigenvalue weighted by Gasteiger charge is 2.23. The minimum Gasteiger partial charge on any atom is -0.462 e. The molecule has 0 spiro atoms. The summed E-state index contributed by atoms with van der Waals surface area (Å²) < 4.78 is 4.94. The Balaban J connectivity index is 2.43. The molecule has 1 aromatic carbocycles. The summed E-state index contributed by atoms with van der Waals surface area (Å²) in [5.74, 6) is -0.369. The molecule has 0 saturated heterocycles. The number of nitrogens with zero attached hydrogens (tertiary/aromatic N) is 1. The van der Waals surface area contributed by atoms with Gasteiger partial charge in [0.05, 0.1) is 24.4 Å². The number of hydrogen-bond donors (Lipinski definition) is 2. The second-order valence-electron chi connectivity index (χ2n) is 3.35. The van der Waals surface area contributed by atoms with E-state index in [1.807, 2.05) is 0 Å². The molecule has 1 heterocycles. The molecule has 1 aromatic rings. The van der Waals surface area contributed by atoms with Gasteiger partial charge in [0, 0.05) is 5.56 Å². The van der Waals surface area contributed by atoms with Crippen molar-refractivity contribution < 1.29 is 14.7 Å². The summed E-state index contributed by atoms with van der Waals surface area (Å²) in [5.41, 5.74) is 2.42. The predicted octanol–water partition coefficient (Wildman–Crippen LogP) is 1.47. The number of rotatable bonds is 2. The Morgan fingerprint density at radius 3 is 3.12 bits per heavy atom. The highest BCUT2D eigenvalue weighted by atomic mass is 16.5. The molecule has 0 aromatic heterocycles. The molecule has 5 heteroatoms. The van der Waals surface area contributed by atoms with Crippen LogP contribution in [-0.2, 0) is 4.74 Å². The van der Waals surface area contributed by atoms with Crippen molar-refractivity contribution in [2.75, 3.05) is 18.5 Å². The van der Waals surface area contributed by atoms with Gasteiger partial charge >= 0.3 is 5.97 Å². The molecule has 0 saturated carbocycles. The number of nitrogens with one attached hydrogen (secondary N) is 1. The van der Waals surface area contributed by atoms with Crippen LogP contribution in [-0.4, -0.2) is 30.0 Å². The third-order valence-corrected chi connectivity index (χ3v) is 2.42. The van der Waals surface area contributed by atoms with E-state index in [1.165, 1.54) is 0 Å². The molecule has 84 valence electrons. The van der Waals surface area contributed by atoms with E-state index < -0.39 is 0 Å². The van der Waals surface area contributed by atoms with Gasteiger partial charge in [0.1, 0.15) is 5.71 Å². The summed E-state index contributed by atoms with van der Waals surface area (Å²) in [6, 6.07) is 5.22. The molecule has 0 aliphatic carbocycles. The molecule has 1 aliphatic heterocycles. The Hall–Kier alpha value is -2.04. The van der Waals surface area contributed by atoms with Gasteiger partial charge in [0.25, 0.3) is 0 Å². The van der Waals surface area contributed by atoms with Crippen molar-refractivity contribution in [2.24, 2.45) is 5.16 Å². The quantitative estimate of drug-likeness (QED) is 0.449. The van der Waals surface area contributed by atoms with Gasteiger partial charge < -0.3 is 15.3 Å². The number of oxime groups is 1. The normalized spacial score (nSPS) is 15.7. The highest BCUT2D eigenvalue weighted by Crippen LogP contribution is 2.27. The first-order valence-corrected chi connectivity index (χ1v) is 5.03. The second-order valence-corrected chi connectivity index (χ2v) is 3.35. The molecule has 2 N–H and O–H groups in total. The first-order valence-electron chi connectivity index (χ1n) is 5.03. The number of anilines is 1. The summed E-state index contributed by atoms with van der Waals surface area (Å²) in [6.07, 6.45) is 0. The summed E-state index contributed by atoms with van der Waals surface area (Å²) in [5, 5.41) is 15.0. The van der Waals surface area contributed by atoms with Crippen molar-refractivity contribution in [2.45, 2.75) is 6.92 Å². The van der Waals surface area contributed by atoms with Crippen molar-refractivity contribution in [1.82, 2.24) is 0 Å². The molecule has 16 heavy (non-hydrogen) atoms. The zero-order valence-corrected chi connectivity index (χ0v) is 8.86. The SMILES string of the molecule is CCOC(=O)c1cccc2c1NCC2=NO. The Bertz CT molecular complexity index is 455. The molecular formula is C11H12N2O3. The number of hydrogen-bond acceptors (Lipinski definition) is 5. The number of para-hydroxylation sites is 1. The lowest BCUT2D eigenvalue weighted by molar-refractivity contribution is 0.0527. The fourth-order valence-corrected chi connectivity index (χ4v) is 1.72. The lowest BCUT2D eigenvalue weighted by Crippen LogP contribution is -2.07. The topological polar surface area (TPSA) is 70.9 Å². The van der Waals surface area contributed by atoms with E-state index >= 15 is 0 Å². The summed E-state index contributed by atoms with van der Waals surface area (Å²) in [4.78, 5) is 11.6. The molecule has 0 atom stereocenters. The van der Waals surface area contributed by atoms with E-state index in [-0.39, 0.29) is 5.97 Å². The van der Waals surface area contributed by atoms with Crippen LogP contribution in [0, 0.1) is 0 Å². The Morgan fingerprint density at radius 1 is 1.62 bits per heavy atom. The number of fused-ring (bicyclic) bond motifs is 1. The third-order valence-electron chi connectivity index (χ3n) is 2.42. The van der Waals surface area contributed by atoms with Gasteiger partial charge in [-0.1, -0.05) is 17.3 Å². The summed E-state index contributed by atoms with van der Waals surface area (Å²) >= 11 is 0. The monoisotopic (exact) mass is 220 g/mol. The Kier molecular flexibility index (Phi) is 2.76. The van der Waals surface area contributed by atoms with Crippen molar-refractivity contribution in [3.8, 4) is 0 Å². The summed E-state index contributed by atoms with van der Waals surface area (Å²) in [7, 11) is 0. The standard InChI is InChI=1S/C11H12N2O3/c1-2-16-11(14)8-5-3-4-7-9(13-15)6-12-10(7)8/h3-5,12,15H,2,6H2,1H3. The number of esters is 1. The molecule has 0 bridgehead atoms. The zero-order valence-electron chi connectivity index (χ0n) is 8.86. The minimum absolute atomic E-state index is 0.337. The molecule has 0 radical (unpaired) electrons. The van der Waals surface area contributed by atoms with E-state index in [0.29, 0.717) is 30.1 Å². The van der Waals surface area contributed by atoms with E-state index in [2.05, 4.69) is 10.5 Å². The highest BCUT2D eigenvalue weighted by molar-refractivity contribution is 6.15. The number of benzene rings is 1. The maximum atomic E-state index is 11.6. The first kappa shape index (κ1) is 10.5. The van der Waals surface area contributed by atoms with Gasteiger partial charge in [-0.3, -0.25) is 0 Å².